The summed E-state index contributed by atoms with van der Waals surface area (Å²) in [6, 6.07) is 0. The second kappa shape index (κ2) is 5.35. The minimum Gasteiger partial charge on any atom is -0.480 e. The van der Waals surface area contributed by atoms with Crippen molar-refractivity contribution in [2.45, 2.75) is 33.1 Å². The molecule has 1 N–H and O–H groups in total. The fourth-order valence-corrected chi connectivity index (χ4v) is 1.53. The fourth-order valence-electron chi connectivity index (χ4n) is 1.53. The molecular formula is C11H21NO2. The van der Waals surface area contributed by atoms with Gasteiger partial charge in [-0.15, -0.1) is 0 Å². The van der Waals surface area contributed by atoms with Gasteiger partial charge < -0.3 is 5.11 Å². The topological polar surface area (TPSA) is 40.5 Å². The van der Waals surface area contributed by atoms with Gasteiger partial charge in [0.25, 0.3) is 0 Å². The van der Waals surface area contributed by atoms with Crippen molar-refractivity contribution in [1.29, 1.82) is 0 Å². The first-order valence-corrected chi connectivity index (χ1v) is 5.52. The van der Waals surface area contributed by atoms with Crippen molar-refractivity contribution in [1.82, 2.24) is 4.90 Å². The maximum Gasteiger partial charge on any atom is 0.317 e. The lowest BCUT2D eigenvalue weighted by Crippen LogP contribution is -2.33. The van der Waals surface area contributed by atoms with E-state index in [0.29, 0.717) is 5.92 Å². The average molecular weight is 199 g/mol. The Kier molecular flexibility index (Phi) is 4.39. The molecule has 0 spiro atoms. The summed E-state index contributed by atoms with van der Waals surface area (Å²) in [5.74, 6) is 0.737. The zero-order chi connectivity index (χ0) is 10.6. The number of nitrogens with zero attached hydrogens (tertiary/aromatic N) is 1. The highest BCUT2D eigenvalue weighted by molar-refractivity contribution is 5.69. The van der Waals surface area contributed by atoms with Crippen LogP contribution in [0.25, 0.3) is 0 Å². The van der Waals surface area contributed by atoms with Crippen LogP contribution < -0.4 is 0 Å². The first-order chi connectivity index (χ1) is 6.58. The maximum atomic E-state index is 10.6. The van der Waals surface area contributed by atoms with Gasteiger partial charge in [0.05, 0.1) is 6.54 Å². The van der Waals surface area contributed by atoms with Crippen LogP contribution in [0.3, 0.4) is 0 Å². The van der Waals surface area contributed by atoms with Gasteiger partial charge in [-0.1, -0.05) is 13.8 Å². The van der Waals surface area contributed by atoms with E-state index in [1.54, 1.807) is 0 Å². The van der Waals surface area contributed by atoms with E-state index < -0.39 is 5.97 Å². The number of carbonyl (C=O) groups is 1. The molecule has 1 fully saturated rings. The molecule has 0 saturated heterocycles. The minimum absolute atomic E-state index is 0.212. The van der Waals surface area contributed by atoms with Crippen LogP contribution in [0, 0.1) is 11.8 Å². The molecule has 14 heavy (non-hydrogen) atoms. The Morgan fingerprint density at radius 1 is 1.50 bits per heavy atom. The van der Waals surface area contributed by atoms with Gasteiger partial charge in [-0.3, -0.25) is 9.69 Å². The van der Waals surface area contributed by atoms with E-state index in [4.69, 9.17) is 5.11 Å². The van der Waals surface area contributed by atoms with Gasteiger partial charge in [0.1, 0.15) is 0 Å². The van der Waals surface area contributed by atoms with Crippen molar-refractivity contribution >= 4 is 5.97 Å². The Morgan fingerprint density at radius 3 is 2.57 bits per heavy atom. The molecule has 0 aromatic rings. The monoisotopic (exact) mass is 199 g/mol. The van der Waals surface area contributed by atoms with Crippen LogP contribution in [0.1, 0.15) is 33.1 Å². The number of carboxylic acid groups (broad SMARTS) is 1. The molecule has 82 valence electrons. The molecule has 0 aliphatic heterocycles. The van der Waals surface area contributed by atoms with Crippen molar-refractivity contribution in [3.63, 3.8) is 0 Å². The molecular weight excluding hydrogens is 178 g/mol. The molecule has 0 unspecified atom stereocenters. The summed E-state index contributed by atoms with van der Waals surface area (Å²) < 4.78 is 0. The van der Waals surface area contributed by atoms with Gasteiger partial charge in [-0.2, -0.15) is 0 Å². The Hall–Kier alpha value is -0.570. The third-order valence-corrected chi connectivity index (χ3v) is 2.59. The first kappa shape index (κ1) is 11.5. The molecule has 3 heteroatoms. The van der Waals surface area contributed by atoms with Gasteiger partial charge in [-0.05, 0) is 37.6 Å². The number of rotatable bonds is 7. The predicted molar refractivity (Wildman–Crippen MR) is 56.3 cm³/mol. The first-order valence-electron chi connectivity index (χ1n) is 5.52. The van der Waals surface area contributed by atoms with Crippen molar-refractivity contribution in [2.75, 3.05) is 19.6 Å². The summed E-state index contributed by atoms with van der Waals surface area (Å²) in [5.41, 5.74) is 0. The van der Waals surface area contributed by atoms with E-state index in [2.05, 4.69) is 18.7 Å². The van der Waals surface area contributed by atoms with Crippen molar-refractivity contribution in [3.05, 3.63) is 0 Å². The van der Waals surface area contributed by atoms with Crippen molar-refractivity contribution in [3.8, 4) is 0 Å². The minimum atomic E-state index is -0.700. The van der Waals surface area contributed by atoms with Gasteiger partial charge in [-0.25, -0.2) is 0 Å². The smallest absolute Gasteiger partial charge is 0.317 e. The Labute approximate surface area is 86.1 Å². The third kappa shape index (κ3) is 5.22. The fraction of sp³-hybridized carbons (Fsp3) is 0.909. The molecule has 3 nitrogen and oxygen atoms in total. The number of hydrogen-bond acceptors (Lipinski definition) is 2. The van der Waals surface area contributed by atoms with Crippen LogP contribution in [-0.4, -0.2) is 35.6 Å². The highest BCUT2D eigenvalue weighted by Gasteiger charge is 2.24. The van der Waals surface area contributed by atoms with Crippen molar-refractivity contribution in [2.24, 2.45) is 11.8 Å². The molecule has 1 aliphatic carbocycles. The standard InChI is InChI=1S/C11H21NO2/c1-9(2)5-6-12(8-11(13)14)7-10-3-4-10/h9-10H,3-8H2,1-2H3,(H,13,14). The summed E-state index contributed by atoms with van der Waals surface area (Å²) in [4.78, 5) is 12.7. The second-order valence-electron chi connectivity index (χ2n) is 4.75. The molecule has 0 amide bonds. The summed E-state index contributed by atoms with van der Waals surface area (Å²) in [6.07, 6.45) is 3.68. The average Bonchev–Trinajstić information content (AvgIpc) is 2.83. The van der Waals surface area contributed by atoms with E-state index in [-0.39, 0.29) is 6.54 Å². The van der Waals surface area contributed by atoms with E-state index in [9.17, 15) is 4.79 Å². The van der Waals surface area contributed by atoms with Gasteiger partial charge in [0.15, 0.2) is 0 Å². The number of aliphatic carboxylic acids is 1. The second-order valence-corrected chi connectivity index (χ2v) is 4.75. The lowest BCUT2D eigenvalue weighted by atomic mass is 10.1. The van der Waals surface area contributed by atoms with Gasteiger partial charge in [0, 0.05) is 6.54 Å². The molecule has 1 aliphatic rings. The van der Waals surface area contributed by atoms with Crippen LogP contribution in [0.4, 0.5) is 0 Å². The highest BCUT2D eigenvalue weighted by atomic mass is 16.4. The van der Waals surface area contributed by atoms with Gasteiger partial charge >= 0.3 is 5.97 Å². The molecule has 1 saturated carbocycles. The van der Waals surface area contributed by atoms with Crippen LogP contribution in [-0.2, 0) is 4.79 Å². The van der Waals surface area contributed by atoms with E-state index in [1.165, 1.54) is 12.8 Å². The molecule has 0 atom stereocenters. The van der Waals surface area contributed by atoms with Crippen molar-refractivity contribution < 1.29 is 9.90 Å². The molecule has 0 heterocycles. The van der Waals surface area contributed by atoms with Crippen LogP contribution in [0.5, 0.6) is 0 Å². The number of carboxylic acids is 1. The Balaban J connectivity index is 2.23. The maximum absolute atomic E-state index is 10.6. The van der Waals surface area contributed by atoms with E-state index in [1.807, 2.05) is 0 Å². The van der Waals surface area contributed by atoms with Crippen LogP contribution in [0.15, 0.2) is 0 Å². The molecule has 0 radical (unpaired) electrons. The molecule has 0 aromatic heterocycles. The summed E-state index contributed by atoms with van der Waals surface area (Å²) in [5, 5.41) is 8.74. The molecule has 0 bridgehead atoms. The van der Waals surface area contributed by atoms with E-state index in [0.717, 1.165) is 25.4 Å². The largest absolute Gasteiger partial charge is 0.480 e. The van der Waals surface area contributed by atoms with Crippen LogP contribution in [0.2, 0.25) is 0 Å². The highest BCUT2D eigenvalue weighted by Crippen LogP contribution is 2.29. The Bertz CT molecular complexity index is 188. The quantitative estimate of drug-likeness (QED) is 0.680. The summed E-state index contributed by atoms with van der Waals surface area (Å²) in [6.45, 7) is 6.48. The normalized spacial score (nSPS) is 16.6. The third-order valence-electron chi connectivity index (χ3n) is 2.59. The predicted octanol–water partition coefficient (Wildman–Crippen LogP) is 1.83. The zero-order valence-corrected chi connectivity index (χ0v) is 9.20. The van der Waals surface area contributed by atoms with Crippen LogP contribution >= 0.6 is 0 Å². The Morgan fingerprint density at radius 2 is 2.14 bits per heavy atom. The SMILES string of the molecule is CC(C)CCN(CC(=O)O)CC1CC1. The summed E-state index contributed by atoms with van der Waals surface area (Å²) >= 11 is 0. The number of hydrogen-bond donors (Lipinski definition) is 1. The van der Waals surface area contributed by atoms with Gasteiger partial charge in [0.2, 0.25) is 0 Å². The summed E-state index contributed by atoms with van der Waals surface area (Å²) in [7, 11) is 0. The lowest BCUT2D eigenvalue weighted by Gasteiger charge is -2.20. The molecule has 1 rings (SSSR count). The zero-order valence-electron chi connectivity index (χ0n) is 9.20. The molecule has 0 aromatic carbocycles. The lowest BCUT2D eigenvalue weighted by molar-refractivity contribution is -0.138. The van der Waals surface area contributed by atoms with E-state index >= 15 is 0 Å².